The average Bonchev–Trinajstić information content (AvgIpc) is 2.87. The maximum absolute atomic E-state index is 5.40. The quantitative estimate of drug-likeness (QED) is 0.848. The average molecular weight is 288 g/mol. The minimum Gasteiger partial charge on any atom is -0.339 e. The molecule has 2 aromatic heterocycles. The zero-order valence-corrected chi connectivity index (χ0v) is 13.3. The second kappa shape index (κ2) is 7.31. The van der Waals surface area contributed by atoms with E-state index in [4.69, 9.17) is 4.52 Å². The highest BCUT2D eigenvalue weighted by Gasteiger charge is 2.16. The molecule has 0 saturated heterocycles. The van der Waals surface area contributed by atoms with Gasteiger partial charge in [0.1, 0.15) is 0 Å². The first-order valence-electron chi connectivity index (χ1n) is 7.57. The highest BCUT2D eigenvalue weighted by atomic mass is 16.5. The van der Waals surface area contributed by atoms with Crippen molar-refractivity contribution in [3.63, 3.8) is 0 Å². The van der Waals surface area contributed by atoms with E-state index in [1.54, 1.807) is 12.4 Å². The van der Waals surface area contributed by atoms with Crippen LogP contribution in [-0.2, 0) is 6.42 Å². The van der Waals surface area contributed by atoms with E-state index in [-0.39, 0.29) is 0 Å². The lowest BCUT2D eigenvalue weighted by Crippen LogP contribution is -2.32. The summed E-state index contributed by atoms with van der Waals surface area (Å²) in [4.78, 5) is 8.64. The number of pyridine rings is 1. The Morgan fingerprint density at radius 2 is 2.14 bits per heavy atom. The minimum atomic E-state index is 0.373. The van der Waals surface area contributed by atoms with E-state index in [2.05, 4.69) is 41.2 Å². The van der Waals surface area contributed by atoms with Gasteiger partial charge in [-0.1, -0.05) is 25.9 Å². The lowest BCUT2D eigenvalue weighted by Gasteiger charge is -2.17. The summed E-state index contributed by atoms with van der Waals surface area (Å²) >= 11 is 0. The Morgan fingerprint density at radius 3 is 2.81 bits per heavy atom. The minimum absolute atomic E-state index is 0.373. The highest BCUT2D eigenvalue weighted by Crippen LogP contribution is 2.19. The van der Waals surface area contributed by atoms with Crippen molar-refractivity contribution < 1.29 is 4.52 Å². The molecule has 0 aromatic carbocycles. The number of nitrogens with one attached hydrogen (secondary N) is 1. The molecule has 0 aliphatic heterocycles. The van der Waals surface area contributed by atoms with Crippen molar-refractivity contribution in [2.75, 3.05) is 6.54 Å². The third-order valence-corrected chi connectivity index (χ3v) is 3.42. The molecule has 0 aliphatic rings. The molecule has 2 aromatic rings. The first-order chi connectivity index (χ1) is 10.1. The second-order valence-electron chi connectivity index (χ2n) is 5.79. The van der Waals surface area contributed by atoms with Crippen LogP contribution < -0.4 is 5.32 Å². The van der Waals surface area contributed by atoms with Crippen LogP contribution >= 0.6 is 0 Å². The van der Waals surface area contributed by atoms with Crippen LogP contribution in [0.25, 0.3) is 11.4 Å². The van der Waals surface area contributed by atoms with Gasteiger partial charge in [-0.05, 0) is 37.4 Å². The molecule has 0 bridgehead atoms. The molecule has 1 N–H and O–H groups in total. The van der Waals surface area contributed by atoms with Crippen LogP contribution in [0.15, 0.2) is 23.0 Å². The number of likely N-dealkylation sites (N-methyl/N-ethyl adjacent to an activating group) is 1. The highest BCUT2D eigenvalue weighted by molar-refractivity contribution is 5.57. The lowest BCUT2D eigenvalue weighted by molar-refractivity contribution is 0.340. The van der Waals surface area contributed by atoms with Crippen molar-refractivity contribution in [3.05, 3.63) is 29.9 Å². The molecule has 21 heavy (non-hydrogen) atoms. The fraction of sp³-hybridized carbons (Fsp3) is 0.562. The summed E-state index contributed by atoms with van der Waals surface area (Å²) in [6.07, 6.45) is 5.40. The zero-order valence-electron chi connectivity index (χ0n) is 13.3. The molecule has 0 fully saturated rings. The number of hydrogen-bond donors (Lipinski definition) is 1. The van der Waals surface area contributed by atoms with E-state index in [0.717, 1.165) is 30.5 Å². The van der Waals surface area contributed by atoms with Crippen LogP contribution in [0.1, 0.15) is 38.6 Å². The molecule has 0 aliphatic carbocycles. The van der Waals surface area contributed by atoms with Crippen molar-refractivity contribution in [2.45, 2.75) is 46.6 Å². The largest absolute Gasteiger partial charge is 0.339 e. The van der Waals surface area contributed by atoms with E-state index in [1.165, 1.54) is 0 Å². The van der Waals surface area contributed by atoms with E-state index in [0.29, 0.717) is 23.7 Å². The topological polar surface area (TPSA) is 63.8 Å². The van der Waals surface area contributed by atoms with Crippen molar-refractivity contribution in [2.24, 2.45) is 5.92 Å². The number of aromatic nitrogens is 3. The van der Waals surface area contributed by atoms with E-state index in [9.17, 15) is 0 Å². The Morgan fingerprint density at radius 1 is 1.33 bits per heavy atom. The summed E-state index contributed by atoms with van der Waals surface area (Å²) in [5.74, 6) is 1.94. The van der Waals surface area contributed by atoms with Gasteiger partial charge in [-0.15, -0.1) is 0 Å². The first kappa shape index (κ1) is 15.6. The molecule has 1 unspecified atom stereocenters. The number of nitrogens with zero attached hydrogens (tertiary/aromatic N) is 3. The van der Waals surface area contributed by atoms with Gasteiger partial charge in [0, 0.05) is 30.4 Å². The fourth-order valence-corrected chi connectivity index (χ4v) is 2.45. The summed E-state index contributed by atoms with van der Waals surface area (Å²) in [7, 11) is 0. The molecule has 2 heterocycles. The van der Waals surface area contributed by atoms with Gasteiger partial charge in [-0.3, -0.25) is 4.98 Å². The first-order valence-corrected chi connectivity index (χ1v) is 7.57. The summed E-state index contributed by atoms with van der Waals surface area (Å²) < 4.78 is 5.40. The maximum atomic E-state index is 5.40. The number of hydrogen-bond acceptors (Lipinski definition) is 5. The van der Waals surface area contributed by atoms with Crippen molar-refractivity contribution >= 4 is 0 Å². The van der Waals surface area contributed by atoms with Crippen LogP contribution in [0.2, 0.25) is 0 Å². The third kappa shape index (κ3) is 4.36. The zero-order chi connectivity index (χ0) is 15.2. The van der Waals surface area contributed by atoms with Crippen LogP contribution in [0.4, 0.5) is 0 Å². The van der Waals surface area contributed by atoms with Crippen molar-refractivity contribution in [3.8, 4) is 11.4 Å². The van der Waals surface area contributed by atoms with Crippen LogP contribution in [0, 0.1) is 12.8 Å². The van der Waals surface area contributed by atoms with E-state index >= 15 is 0 Å². The third-order valence-electron chi connectivity index (χ3n) is 3.42. The molecular weight excluding hydrogens is 264 g/mol. The molecule has 0 radical (unpaired) electrons. The fourth-order valence-electron chi connectivity index (χ4n) is 2.45. The number of aryl methyl sites for hydroxylation is 1. The molecule has 114 valence electrons. The monoisotopic (exact) mass is 288 g/mol. The summed E-state index contributed by atoms with van der Waals surface area (Å²) in [6, 6.07) is 2.32. The van der Waals surface area contributed by atoms with Crippen LogP contribution in [0.5, 0.6) is 0 Å². The van der Waals surface area contributed by atoms with E-state index in [1.807, 2.05) is 13.0 Å². The van der Waals surface area contributed by atoms with Gasteiger partial charge >= 0.3 is 0 Å². The summed E-state index contributed by atoms with van der Waals surface area (Å²) in [6.45, 7) is 9.53. The predicted octanol–water partition coefficient (Wildman–Crippen LogP) is 3.01. The molecule has 0 spiro atoms. The van der Waals surface area contributed by atoms with Gasteiger partial charge in [0.15, 0.2) is 0 Å². The van der Waals surface area contributed by atoms with Crippen molar-refractivity contribution in [1.82, 2.24) is 20.4 Å². The van der Waals surface area contributed by atoms with Gasteiger partial charge in [-0.25, -0.2) is 0 Å². The molecule has 1 atom stereocenters. The predicted molar refractivity (Wildman–Crippen MR) is 82.9 cm³/mol. The van der Waals surface area contributed by atoms with Gasteiger partial charge in [0.25, 0.3) is 0 Å². The Labute approximate surface area is 126 Å². The Kier molecular flexibility index (Phi) is 5.44. The molecule has 0 amide bonds. The molecule has 0 saturated carbocycles. The van der Waals surface area contributed by atoms with Gasteiger partial charge in [0.05, 0.1) is 0 Å². The van der Waals surface area contributed by atoms with Gasteiger partial charge < -0.3 is 9.84 Å². The molecular formula is C16H24N4O. The SMILES string of the molecule is CCNC(Cc1nc(-c2cnccc2C)no1)CC(C)C. The second-order valence-corrected chi connectivity index (χ2v) is 5.79. The van der Waals surface area contributed by atoms with Gasteiger partial charge in [-0.2, -0.15) is 4.98 Å². The standard InChI is InChI=1S/C16H24N4O/c1-5-18-13(8-11(2)3)9-15-19-16(20-21-15)14-10-17-7-6-12(14)4/h6-7,10-11,13,18H,5,8-9H2,1-4H3. The van der Waals surface area contributed by atoms with Crippen molar-refractivity contribution in [1.29, 1.82) is 0 Å². The smallest absolute Gasteiger partial charge is 0.228 e. The van der Waals surface area contributed by atoms with Crippen LogP contribution in [0.3, 0.4) is 0 Å². The van der Waals surface area contributed by atoms with Gasteiger partial charge in [0.2, 0.25) is 11.7 Å². The molecule has 5 nitrogen and oxygen atoms in total. The van der Waals surface area contributed by atoms with Crippen LogP contribution in [-0.4, -0.2) is 27.7 Å². The maximum Gasteiger partial charge on any atom is 0.228 e. The lowest BCUT2D eigenvalue weighted by atomic mass is 10.0. The Balaban J connectivity index is 2.10. The summed E-state index contributed by atoms with van der Waals surface area (Å²) in [5.41, 5.74) is 2.03. The normalized spacial score (nSPS) is 12.8. The van der Waals surface area contributed by atoms with E-state index < -0.39 is 0 Å². The number of rotatable bonds is 7. The Bertz CT molecular complexity index is 565. The molecule has 5 heteroatoms. The summed E-state index contributed by atoms with van der Waals surface area (Å²) in [5, 5.41) is 7.57. The molecule has 2 rings (SSSR count). The Hall–Kier alpha value is -1.75.